The van der Waals surface area contributed by atoms with Gasteiger partial charge in [0.15, 0.2) is 0 Å². The molecule has 8 aromatic carbocycles. The molecule has 0 radical (unpaired) electrons. The quantitative estimate of drug-likeness (QED) is 0.174. The van der Waals surface area contributed by atoms with Crippen molar-refractivity contribution in [2.75, 3.05) is 11.4 Å². The van der Waals surface area contributed by atoms with Crippen molar-refractivity contribution in [2.45, 2.75) is 0 Å². The van der Waals surface area contributed by atoms with Gasteiger partial charge >= 0.3 is 0 Å². The first-order chi connectivity index (χ1) is 24.2. The van der Waals surface area contributed by atoms with E-state index in [0.29, 0.717) is 0 Å². The van der Waals surface area contributed by atoms with Crippen molar-refractivity contribution < 1.29 is 0 Å². The molecule has 10 rings (SSSR count). The Balaban J connectivity index is 1.17. The van der Waals surface area contributed by atoms with Crippen LogP contribution in [-0.2, 0) is 0 Å². The summed E-state index contributed by atoms with van der Waals surface area (Å²) in [6.07, 6.45) is 8.64. The van der Waals surface area contributed by atoms with Gasteiger partial charge in [0.2, 0.25) is 0 Å². The maximum atomic E-state index is 4.59. The van der Waals surface area contributed by atoms with Crippen LogP contribution in [-0.4, -0.2) is 6.54 Å². The van der Waals surface area contributed by atoms with Gasteiger partial charge in [-0.3, -0.25) is 0 Å². The minimum absolute atomic E-state index is 0.752. The smallest absolute Gasteiger partial charge is 0.0494 e. The van der Waals surface area contributed by atoms with Crippen LogP contribution >= 0.6 is 11.3 Å². The summed E-state index contributed by atoms with van der Waals surface area (Å²) < 4.78 is 2.65. The number of benzene rings is 8. The average molecular weight is 642 g/mol. The number of rotatable bonds is 3. The van der Waals surface area contributed by atoms with E-state index in [1.165, 1.54) is 80.4 Å². The van der Waals surface area contributed by atoms with E-state index in [0.717, 1.165) is 23.4 Å². The molecule has 0 amide bonds. The van der Waals surface area contributed by atoms with Gasteiger partial charge in [0.05, 0.1) is 0 Å². The Bertz CT molecular complexity index is 2800. The third kappa shape index (κ3) is 4.38. The van der Waals surface area contributed by atoms with E-state index in [2.05, 4.69) is 175 Å². The zero-order chi connectivity index (χ0) is 32.5. The second kappa shape index (κ2) is 11.1. The first-order valence-electron chi connectivity index (χ1n) is 16.8. The summed E-state index contributed by atoms with van der Waals surface area (Å²) >= 11 is 1.90. The number of allylic oxidation sites excluding steroid dienone is 4. The van der Waals surface area contributed by atoms with Crippen molar-refractivity contribution in [3.8, 4) is 22.3 Å². The van der Waals surface area contributed by atoms with Gasteiger partial charge in [0.1, 0.15) is 0 Å². The Morgan fingerprint density at radius 2 is 1.14 bits per heavy atom. The van der Waals surface area contributed by atoms with Crippen molar-refractivity contribution in [2.24, 2.45) is 0 Å². The number of hydrogen-bond donors (Lipinski definition) is 0. The minimum atomic E-state index is 0.752. The standard InChI is InChI=1S/C47H31NS/c1-30-11-4-3-7-28-48(42-26-23-34-21-20-32-14-8-15-33-22-25-40(42)45(34)44(32)33)43-27-24-35(29-41(30)43)37-17-10-19-39-38-18-9-16-36(46(38)49-47(37)39)31-12-5-2-6-13-31/h2-27,29H,1,28H2/b7-3-,11-4-. The lowest BCUT2D eigenvalue weighted by Gasteiger charge is -2.29. The van der Waals surface area contributed by atoms with Crippen LogP contribution in [0.5, 0.6) is 0 Å². The fourth-order valence-electron chi connectivity index (χ4n) is 7.88. The molecule has 0 N–H and O–H groups in total. The Morgan fingerprint density at radius 1 is 0.490 bits per heavy atom. The molecule has 2 heteroatoms. The third-order valence-electron chi connectivity index (χ3n) is 10.2. The molecule has 2 heterocycles. The van der Waals surface area contributed by atoms with Gasteiger partial charge in [-0.25, -0.2) is 0 Å². The number of fused-ring (bicyclic) bond motifs is 4. The lowest BCUT2D eigenvalue weighted by Crippen LogP contribution is -2.18. The number of hydrogen-bond acceptors (Lipinski definition) is 2. The third-order valence-corrected chi connectivity index (χ3v) is 11.5. The summed E-state index contributed by atoms with van der Waals surface area (Å²) in [7, 11) is 0. The molecular weight excluding hydrogens is 611 g/mol. The molecule has 0 atom stereocenters. The number of thiophene rings is 1. The summed E-state index contributed by atoms with van der Waals surface area (Å²) in [6.45, 7) is 5.34. The molecule has 0 spiro atoms. The molecule has 230 valence electrons. The SMILES string of the molecule is C=C1/C=C\C=C/CN(c2ccc3ccc4cccc5ccc2c3c45)c2ccc(-c3cccc4c3sc3c(-c5ccccc5)cccc34)cc21. The monoisotopic (exact) mass is 641 g/mol. The van der Waals surface area contributed by atoms with Crippen LogP contribution in [0.1, 0.15) is 5.56 Å². The van der Waals surface area contributed by atoms with Crippen LogP contribution in [0.4, 0.5) is 11.4 Å². The molecule has 9 aromatic rings. The molecular formula is C47H31NS. The first-order valence-corrected chi connectivity index (χ1v) is 17.7. The predicted molar refractivity (Wildman–Crippen MR) is 215 cm³/mol. The molecule has 1 aliphatic rings. The zero-order valence-electron chi connectivity index (χ0n) is 26.9. The lowest BCUT2D eigenvalue weighted by molar-refractivity contribution is 1.10. The summed E-state index contributed by atoms with van der Waals surface area (Å²) in [6, 6.07) is 51.4. The summed E-state index contributed by atoms with van der Waals surface area (Å²) in [5.74, 6) is 0. The van der Waals surface area contributed by atoms with E-state index < -0.39 is 0 Å². The maximum absolute atomic E-state index is 4.59. The molecule has 0 fully saturated rings. The van der Waals surface area contributed by atoms with Gasteiger partial charge in [0, 0.05) is 49.0 Å². The molecule has 0 aliphatic carbocycles. The highest BCUT2D eigenvalue weighted by Crippen LogP contribution is 2.46. The van der Waals surface area contributed by atoms with E-state index in [1.54, 1.807) is 0 Å². The van der Waals surface area contributed by atoms with Crippen LogP contribution in [0.3, 0.4) is 0 Å². The van der Waals surface area contributed by atoms with E-state index in [4.69, 9.17) is 0 Å². The molecule has 1 aliphatic heterocycles. The molecule has 0 saturated carbocycles. The molecule has 1 aromatic heterocycles. The number of nitrogens with zero attached hydrogens (tertiary/aromatic N) is 1. The Morgan fingerprint density at radius 3 is 1.92 bits per heavy atom. The van der Waals surface area contributed by atoms with Gasteiger partial charge in [0.25, 0.3) is 0 Å². The Hall–Kier alpha value is -5.96. The van der Waals surface area contributed by atoms with Gasteiger partial charge in [-0.05, 0) is 73.0 Å². The van der Waals surface area contributed by atoms with E-state index >= 15 is 0 Å². The van der Waals surface area contributed by atoms with Crippen molar-refractivity contribution in [1.29, 1.82) is 0 Å². The van der Waals surface area contributed by atoms with Gasteiger partial charge in [-0.1, -0.05) is 152 Å². The fraction of sp³-hybridized carbons (Fsp3) is 0.0213. The second-order valence-corrected chi connectivity index (χ2v) is 13.9. The average Bonchev–Trinajstić information content (AvgIpc) is 3.57. The summed E-state index contributed by atoms with van der Waals surface area (Å²) in [5, 5.41) is 10.4. The number of anilines is 2. The summed E-state index contributed by atoms with van der Waals surface area (Å²) in [5.41, 5.74) is 9.51. The van der Waals surface area contributed by atoms with Crippen molar-refractivity contribution in [3.05, 3.63) is 176 Å². The van der Waals surface area contributed by atoms with Gasteiger partial charge < -0.3 is 4.90 Å². The van der Waals surface area contributed by atoms with E-state index in [1.807, 2.05) is 11.3 Å². The highest BCUT2D eigenvalue weighted by Gasteiger charge is 2.21. The minimum Gasteiger partial charge on any atom is -0.337 e. The fourth-order valence-corrected chi connectivity index (χ4v) is 9.25. The normalized spacial score (nSPS) is 14.8. The van der Waals surface area contributed by atoms with Crippen LogP contribution in [0, 0.1) is 0 Å². The van der Waals surface area contributed by atoms with Crippen LogP contribution < -0.4 is 4.90 Å². The predicted octanol–water partition coefficient (Wildman–Crippen LogP) is 13.6. The maximum Gasteiger partial charge on any atom is 0.0494 e. The van der Waals surface area contributed by atoms with Crippen molar-refractivity contribution in [3.63, 3.8) is 0 Å². The van der Waals surface area contributed by atoms with Crippen molar-refractivity contribution in [1.82, 2.24) is 0 Å². The molecule has 0 unspecified atom stereocenters. The largest absolute Gasteiger partial charge is 0.337 e. The van der Waals surface area contributed by atoms with E-state index in [-0.39, 0.29) is 0 Å². The first kappa shape index (κ1) is 28.1. The highest BCUT2D eigenvalue weighted by atomic mass is 32.1. The summed E-state index contributed by atoms with van der Waals surface area (Å²) in [4.78, 5) is 2.46. The topological polar surface area (TPSA) is 3.24 Å². The molecule has 0 bridgehead atoms. The molecule has 0 saturated heterocycles. The van der Waals surface area contributed by atoms with Crippen LogP contribution in [0.15, 0.2) is 170 Å². The molecule has 49 heavy (non-hydrogen) atoms. The Labute approximate surface area is 289 Å². The highest BCUT2D eigenvalue weighted by molar-refractivity contribution is 7.26. The molecule has 1 nitrogen and oxygen atoms in total. The van der Waals surface area contributed by atoms with Gasteiger partial charge in [-0.15, -0.1) is 11.3 Å². The van der Waals surface area contributed by atoms with Crippen LogP contribution in [0.25, 0.3) is 80.3 Å². The second-order valence-electron chi connectivity index (χ2n) is 12.9. The zero-order valence-corrected chi connectivity index (χ0v) is 27.7. The van der Waals surface area contributed by atoms with Gasteiger partial charge in [-0.2, -0.15) is 0 Å². The Kier molecular flexibility index (Phi) is 6.34. The van der Waals surface area contributed by atoms with Crippen molar-refractivity contribution >= 4 is 80.8 Å². The lowest BCUT2D eigenvalue weighted by atomic mass is 9.92. The van der Waals surface area contributed by atoms with E-state index in [9.17, 15) is 0 Å². The van der Waals surface area contributed by atoms with Crippen LogP contribution in [0.2, 0.25) is 0 Å².